The summed E-state index contributed by atoms with van der Waals surface area (Å²) in [7, 11) is 0. The lowest BCUT2D eigenvalue weighted by molar-refractivity contribution is 0.0348. The Morgan fingerprint density at radius 2 is 1.94 bits per heavy atom. The molecule has 0 radical (unpaired) electrons. The van der Waals surface area contributed by atoms with Gasteiger partial charge in [0.2, 0.25) is 0 Å². The number of fused-ring (bicyclic) bond motifs is 5. The molecular formula is C28H27N7O. The highest BCUT2D eigenvalue weighted by atomic mass is 16.5. The Morgan fingerprint density at radius 1 is 1.00 bits per heavy atom. The Balaban J connectivity index is 1.40. The van der Waals surface area contributed by atoms with Crippen LogP contribution < -0.4 is 10.2 Å². The van der Waals surface area contributed by atoms with Crippen LogP contribution in [0.15, 0.2) is 48.9 Å². The molecular weight excluding hydrogens is 450 g/mol. The number of aromatic nitrogens is 5. The van der Waals surface area contributed by atoms with Crippen LogP contribution in [0.2, 0.25) is 0 Å². The van der Waals surface area contributed by atoms with Gasteiger partial charge >= 0.3 is 0 Å². The molecule has 36 heavy (non-hydrogen) atoms. The van der Waals surface area contributed by atoms with E-state index in [0.29, 0.717) is 12.5 Å². The topological polar surface area (TPSA) is 91.9 Å². The van der Waals surface area contributed by atoms with E-state index in [1.54, 1.807) is 0 Å². The number of benzene rings is 1. The number of anilines is 1. The summed E-state index contributed by atoms with van der Waals surface area (Å²) in [6, 6.07) is 10.6. The van der Waals surface area contributed by atoms with Crippen LogP contribution in [0.1, 0.15) is 30.7 Å². The minimum absolute atomic E-state index is 0.183. The molecule has 0 bridgehead atoms. The van der Waals surface area contributed by atoms with E-state index in [1.807, 2.05) is 30.7 Å². The molecule has 8 rings (SSSR count). The molecule has 1 aliphatic carbocycles. The molecule has 3 fully saturated rings. The average Bonchev–Trinajstić information content (AvgIpc) is 3.51. The van der Waals surface area contributed by atoms with Gasteiger partial charge in [-0.25, -0.2) is 15.0 Å². The quantitative estimate of drug-likeness (QED) is 0.403. The zero-order chi connectivity index (χ0) is 23.6. The number of para-hydroxylation sites is 1. The zero-order valence-corrected chi connectivity index (χ0v) is 19.9. The second-order valence-corrected chi connectivity index (χ2v) is 10.2. The highest BCUT2D eigenvalue weighted by Crippen LogP contribution is 2.43. The predicted molar refractivity (Wildman–Crippen MR) is 140 cm³/mol. The van der Waals surface area contributed by atoms with Crippen LogP contribution in [-0.2, 0) is 4.74 Å². The number of nitrogens with one attached hydrogen (secondary N) is 2. The Morgan fingerprint density at radius 3 is 2.86 bits per heavy atom. The smallest absolute Gasteiger partial charge is 0.163 e. The second kappa shape index (κ2) is 7.94. The first kappa shape index (κ1) is 20.6. The summed E-state index contributed by atoms with van der Waals surface area (Å²) in [6.45, 7) is 3.31. The third-order valence-corrected chi connectivity index (χ3v) is 8.27. The van der Waals surface area contributed by atoms with Gasteiger partial charge in [0, 0.05) is 59.3 Å². The van der Waals surface area contributed by atoms with E-state index in [-0.39, 0.29) is 12.1 Å². The number of pyridine rings is 2. The summed E-state index contributed by atoms with van der Waals surface area (Å²) in [5.74, 6) is 2.27. The third-order valence-electron chi connectivity index (χ3n) is 8.27. The van der Waals surface area contributed by atoms with Crippen molar-refractivity contribution in [3.8, 4) is 11.4 Å². The van der Waals surface area contributed by atoms with Crippen LogP contribution in [0.3, 0.4) is 0 Å². The van der Waals surface area contributed by atoms with Crippen LogP contribution in [0.5, 0.6) is 0 Å². The molecule has 8 nitrogen and oxygen atoms in total. The van der Waals surface area contributed by atoms with Gasteiger partial charge < -0.3 is 19.9 Å². The fraction of sp³-hybridized carbons (Fsp3) is 0.357. The molecule has 3 aliphatic rings. The van der Waals surface area contributed by atoms with Gasteiger partial charge in [0.05, 0.1) is 30.5 Å². The SMILES string of the molecule is c1ccc2c(c1)[nH]c1nccc(-c3nc(N4CCOC5CNCC54)c4c(C5CCC5)cncc4n3)c12. The largest absolute Gasteiger partial charge is 0.373 e. The minimum atomic E-state index is 0.183. The number of nitrogens with zero attached hydrogens (tertiary/aromatic N) is 5. The number of ether oxygens (including phenoxy) is 1. The van der Waals surface area contributed by atoms with Gasteiger partial charge in [-0.15, -0.1) is 0 Å². The molecule has 5 aromatic rings. The van der Waals surface area contributed by atoms with E-state index < -0.39 is 0 Å². The van der Waals surface area contributed by atoms with Crippen LogP contribution in [0.25, 0.3) is 44.2 Å². The lowest BCUT2D eigenvalue weighted by Crippen LogP contribution is -2.51. The summed E-state index contributed by atoms with van der Waals surface area (Å²) in [5.41, 5.74) is 5.12. The van der Waals surface area contributed by atoms with E-state index in [2.05, 4.69) is 43.4 Å². The lowest BCUT2D eigenvalue weighted by Gasteiger charge is -2.39. The van der Waals surface area contributed by atoms with E-state index in [9.17, 15) is 0 Å². The molecule has 0 amide bonds. The van der Waals surface area contributed by atoms with Crippen molar-refractivity contribution in [1.82, 2.24) is 30.2 Å². The Bertz CT molecular complexity index is 1630. The second-order valence-electron chi connectivity index (χ2n) is 10.2. The molecule has 2 N–H and O–H groups in total. The summed E-state index contributed by atoms with van der Waals surface area (Å²) < 4.78 is 6.11. The van der Waals surface area contributed by atoms with Gasteiger partial charge in [0.15, 0.2) is 5.82 Å². The van der Waals surface area contributed by atoms with Crippen LogP contribution in [0, 0.1) is 0 Å². The highest BCUT2D eigenvalue weighted by molar-refractivity contribution is 6.12. The fourth-order valence-electron chi connectivity index (χ4n) is 6.25. The molecule has 2 saturated heterocycles. The molecule has 8 heteroatoms. The molecule has 180 valence electrons. The van der Waals surface area contributed by atoms with Gasteiger partial charge in [0.25, 0.3) is 0 Å². The number of H-pyrrole nitrogens is 1. The molecule has 2 unspecified atom stereocenters. The van der Waals surface area contributed by atoms with Gasteiger partial charge in [0.1, 0.15) is 11.5 Å². The molecule has 6 heterocycles. The standard InChI is InChI=1S/C28H27N7O/c1-2-7-20-17(6-1)24-18(8-9-31-27(24)32-20)26-33-21-13-29-12-19(16-4-3-5-16)25(21)28(34-26)35-10-11-36-23-15-30-14-22(23)35/h1-2,6-9,12-13,16,22-23,30H,3-5,10-11,14-15H2,(H,31,32). The van der Waals surface area contributed by atoms with Crippen LogP contribution in [-0.4, -0.2) is 63.3 Å². The average molecular weight is 478 g/mol. The number of aromatic amines is 1. The van der Waals surface area contributed by atoms with Crippen molar-refractivity contribution < 1.29 is 4.74 Å². The maximum Gasteiger partial charge on any atom is 0.163 e. The van der Waals surface area contributed by atoms with Crippen molar-refractivity contribution in [2.24, 2.45) is 0 Å². The number of hydrogen-bond acceptors (Lipinski definition) is 7. The summed E-state index contributed by atoms with van der Waals surface area (Å²) in [4.78, 5) is 25.7. The normalized spacial score (nSPS) is 22.4. The number of rotatable bonds is 3. The van der Waals surface area contributed by atoms with Crippen molar-refractivity contribution in [3.05, 3.63) is 54.5 Å². The molecule has 2 aliphatic heterocycles. The summed E-state index contributed by atoms with van der Waals surface area (Å²) in [5, 5.41) is 6.88. The number of morpholine rings is 1. The summed E-state index contributed by atoms with van der Waals surface area (Å²) >= 11 is 0. The lowest BCUT2D eigenvalue weighted by atomic mass is 9.79. The van der Waals surface area contributed by atoms with Crippen LogP contribution in [0.4, 0.5) is 5.82 Å². The molecule has 1 saturated carbocycles. The first-order chi connectivity index (χ1) is 17.8. The minimum Gasteiger partial charge on any atom is -0.373 e. The zero-order valence-electron chi connectivity index (χ0n) is 19.9. The van der Waals surface area contributed by atoms with E-state index >= 15 is 0 Å². The third kappa shape index (κ3) is 3.01. The molecule has 2 atom stereocenters. The summed E-state index contributed by atoms with van der Waals surface area (Å²) in [6.07, 6.45) is 9.67. The van der Waals surface area contributed by atoms with Gasteiger partial charge in [-0.05, 0) is 36.5 Å². The number of hydrogen-bond donors (Lipinski definition) is 2. The maximum atomic E-state index is 6.11. The molecule has 1 aromatic carbocycles. The van der Waals surface area contributed by atoms with Crippen molar-refractivity contribution >= 4 is 38.7 Å². The predicted octanol–water partition coefficient (Wildman–Crippen LogP) is 4.17. The van der Waals surface area contributed by atoms with Gasteiger partial charge in [-0.1, -0.05) is 24.6 Å². The first-order valence-corrected chi connectivity index (χ1v) is 13.0. The van der Waals surface area contributed by atoms with E-state index in [0.717, 1.165) is 69.7 Å². The van der Waals surface area contributed by atoms with Gasteiger partial charge in [-0.3, -0.25) is 4.98 Å². The maximum absolute atomic E-state index is 6.11. The molecule has 4 aromatic heterocycles. The van der Waals surface area contributed by atoms with Crippen molar-refractivity contribution in [3.63, 3.8) is 0 Å². The molecule has 0 spiro atoms. The van der Waals surface area contributed by atoms with E-state index in [1.165, 1.54) is 24.8 Å². The van der Waals surface area contributed by atoms with Gasteiger partial charge in [-0.2, -0.15) is 0 Å². The monoisotopic (exact) mass is 477 g/mol. The Labute approximate surface area is 208 Å². The first-order valence-electron chi connectivity index (χ1n) is 13.0. The van der Waals surface area contributed by atoms with Crippen LogP contribution >= 0.6 is 0 Å². The Hall–Kier alpha value is -3.62. The fourth-order valence-corrected chi connectivity index (χ4v) is 6.25. The van der Waals surface area contributed by atoms with E-state index in [4.69, 9.17) is 14.7 Å². The highest BCUT2D eigenvalue weighted by Gasteiger charge is 2.38. The van der Waals surface area contributed by atoms with Crippen molar-refractivity contribution in [1.29, 1.82) is 0 Å². The Kier molecular flexibility index (Phi) is 4.54. The van der Waals surface area contributed by atoms with Crippen molar-refractivity contribution in [2.45, 2.75) is 37.3 Å². The van der Waals surface area contributed by atoms with Crippen molar-refractivity contribution in [2.75, 3.05) is 31.1 Å².